The fourth-order valence-electron chi connectivity index (χ4n) is 2.41. The highest BCUT2D eigenvalue weighted by atomic mass is 35.5. The number of oxime groups is 1. The van der Waals surface area contributed by atoms with E-state index in [0.29, 0.717) is 16.3 Å². The topological polar surface area (TPSA) is 100 Å². The summed E-state index contributed by atoms with van der Waals surface area (Å²) in [5, 5.41) is 15.5. The van der Waals surface area contributed by atoms with Gasteiger partial charge in [-0.1, -0.05) is 28.9 Å². The Labute approximate surface area is 166 Å². The average Bonchev–Trinajstić information content (AvgIpc) is 2.68. The third-order valence-electron chi connectivity index (χ3n) is 3.79. The number of methoxy groups -OCH3 is 1. The van der Waals surface area contributed by atoms with Crippen molar-refractivity contribution in [2.75, 3.05) is 20.3 Å². The fourth-order valence-corrected chi connectivity index (χ4v) is 2.53. The van der Waals surface area contributed by atoms with Gasteiger partial charge in [-0.2, -0.15) is 0 Å². The van der Waals surface area contributed by atoms with Crippen LogP contribution in [0.1, 0.15) is 18.1 Å². The van der Waals surface area contributed by atoms with E-state index in [4.69, 9.17) is 25.9 Å². The van der Waals surface area contributed by atoms with E-state index in [1.165, 1.54) is 30.5 Å². The van der Waals surface area contributed by atoms with Crippen molar-refractivity contribution in [3.8, 4) is 5.75 Å². The van der Waals surface area contributed by atoms with Crippen LogP contribution >= 0.6 is 11.6 Å². The van der Waals surface area contributed by atoms with Crippen LogP contribution in [0.3, 0.4) is 0 Å². The maximum absolute atomic E-state index is 12.6. The second-order valence-corrected chi connectivity index (χ2v) is 6.08. The third kappa shape index (κ3) is 5.20. The minimum Gasteiger partial charge on any atom is -0.497 e. The molecular formula is C19H19ClN2O6. The first kappa shape index (κ1) is 21.2. The van der Waals surface area contributed by atoms with Gasteiger partial charge in [0.25, 0.3) is 6.54 Å². The van der Waals surface area contributed by atoms with Gasteiger partial charge in [-0.25, -0.2) is 4.79 Å². The van der Waals surface area contributed by atoms with Gasteiger partial charge in [-0.3, -0.25) is 10.1 Å². The fraction of sp³-hybridized carbons (Fsp3) is 0.263. The van der Waals surface area contributed by atoms with Gasteiger partial charge in [0.2, 0.25) is 0 Å². The van der Waals surface area contributed by atoms with Crippen molar-refractivity contribution >= 4 is 23.8 Å². The maximum atomic E-state index is 12.6. The minimum absolute atomic E-state index is 0.0252. The molecule has 2 aromatic rings. The number of carbonyl (C=O) groups is 1. The van der Waals surface area contributed by atoms with Gasteiger partial charge < -0.3 is 14.3 Å². The van der Waals surface area contributed by atoms with Crippen molar-refractivity contribution in [2.24, 2.45) is 5.16 Å². The summed E-state index contributed by atoms with van der Waals surface area (Å²) in [6.07, 6.45) is 1.34. The van der Waals surface area contributed by atoms with Crippen molar-refractivity contribution in [3.05, 3.63) is 74.8 Å². The van der Waals surface area contributed by atoms with Crippen molar-refractivity contribution in [3.63, 3.8) is 0 Å². The summed E-state index contributed by atoms with van der Waals surface area (Å²) >= 11 is 5.89. The van der Waals surface area contributed by atoms with Gasteiger partial charge in [0, 0.05) is 15.5 Å². The molecule has 8 nitrogen and oxygen atoms in total. The number of hydrogen-bond acceptors (Lipinski definition) is 7. The zero-order chi connectivity index (χ0) is 20.6. The van der Waals surface area contributed by atoms with Crippen LogP contribution < -0.4 is 4.74 Å². The quantitative estimate of drug-likeness (QED) is 0.274. The number of esters is 1. The highest BCUT2D eigenvalue weighted by Gasteiger charge is 2.50. The Morgan fingerprint density at radius 2 is 1.86 bits per heavy atom. The second-order valence-electron chi connectivity index (χ2n) is 5.64. The predicted molar refractivity (Wildman–Crippen MR) is 103 cm³/mol. The SMILES string of the molecule is CCOC(=O)[C@](C[N+](=O)[O-])(O/N=C/c1ccc(OC)cc1)c1ccc(Cl)cc1. The lowest BCUT2D eigenvalue weighted by Gasteiger charge is -2.25. The number of benzene rings is 2. The molecule has 0 aliphatic rings. The number of rotatable bonds is 9. The van der Waals surface area contributed by atoms with Crippen molar-refractivity contribution in [1.82, 2.24) is 0 Å². The number of carbonyl (C=O) groups excluding carboxylic acids is 1. The van der Waals surface area contributed by atoms with E-state index >= 15 is 0 Å². The molecule has 0 bridgehead atoms. The van der Waals surface area contributed by atoms with Gasteiger partial charge in [0.1, 0.15) is 5.75 Å². The lowest BCUT2D eigenvalue weighted by molar-refractivity contribution is -0.501. The van der Waals surface area contributed by atoms with Crippen LogP contribution in [-0.4, -0.2) is 37.4 Å². The molecule has 28 heavy (non-hydrogen) atoms. The van der Waals surface area contributed by atoms with Gasteiger partial charge in [-0.05, 0) is 48.9 Å². The third-order valence-corrected chi connectivity index (χ3v) is 4.05. The summed E-state index contributed by atoms with van der Waals surface area (Å²) in [5.41, 5.74) is -1.19. The molecule has 0 saturated carbocycles. The molecule has 0 fully saturated rings. The molecule has 1 atom stereocenters. The zero-order valence-electron chi connectivity index (χ0n) is 15.3. The second kappa shape index (κ2) is 9.70. The van der Waals surface area contributed by atoms with Gasteiger partial charge in [-0.15, -0.1) is 0 Å². The smallest absolute Gasteiger partial charge is 0.365 e. The predicted octanol–water partition coefficient (Wildman–Crippen LogP) is 3.43. The van der Waals surface area contributed by atoms with E-state index in [1.807, 2.05) is 0 Å². The van der Waals surface area contributed by atoms with Crippen molar-refractivity contribution in [2.45, 2.75) is 12.5 Å². The first-order valence-corrected chi connectivity index (χ1v) is 8.69. The number of nitro groups is 1. The summed E-state index contributed by atoms with van der Waals surface area (Å²) in [5.74, 6) is -0.255. The summed E-state index contributed by atoms with van der Waals surface area (Å²) in [4.78, 5) is 28.7. The molecule has 0 aliphatic carbocycles. The molecule has 0 saturated heterocycles. The summed E-state index contributed by atoms with van der Waals surface area (Å²) in [6.45, 7) is 0.752. The Balaban J connectivity index is 2.39. The van der Waals surface area contributed by atoms with Crippen LogP contribution in [0.25, 0.3) is 0 Å². The number of nitrogens with zero attached hydrogens (tertiary/aromatic N) is 2. The molecule has 9 heteroatoms. The van der Waals surface area contributed by atoms with Crippen LogP contribution in [-0.2, 0) is 20.0 Å². The molecular weight excluding hydrogens is 388 g/mol. The lowest BCUT2D eigenvalue weighted by atomic mass is 9.94. The average molecular weight is 407 g/mol. The molecule has 0 amide bonds. The largest absolute Gasteiger partial charge is 0.497 e. The van der Waals surface area contributed by atoms with Crippen LogP contribution in [0.15, 0.2) is 53.7 Å². The van der Waals surface area contributed by atoms with E-state index in [2.05, 4.69) is 5.16 Å². The van der Waals surface area contributed by atoms with E-state index in [1.54, 1.807) is 38.3 Å². The Kier molecular flexibility index (Phi) is 7.34. The van der Waals surface area contributed by atoms with E-state index < -0.39 is 23.0 Å². The summed E-state index contributed by atoms with van der Waals surface area (Å²) < 4.78 is 10.1. The van der Waals surface area contributed by atoms with Crippen LogP contribution in [0, 0.1) is 10.1 Å². The highest BCUT2D eigenvalue weighted by molar-refractivity contribution is 6.30. The first-order valence-electron chi connectivity index (χ1n) is 8.32. The molecule has 148 valence electrons. The van der Waals surface area contributed by atoms with E-state index in [-0.39, 0.29) is 12.2 Å². The molecule has 0 heterocycles. The van der Waals surface area contributed by atoms with Crippen LogP contribution in [0.5, 0.6) is 5.75 Å². The number of halogens is 1. The summed E-state index contributed by atoms with van der Waals surface area (Å²) in [7, 11) is 1.55. The Hall–Kier alpha value is -3.13. The highest BCUT2D eigenvalue weighted by Crippen LogP contribution is 2.30. The molecule has 0 N–H and O–H groups in total. The molecule has 0 aliphatic heterocycles. The van der Waals surface area contributed by atoms with Crippen LogP contribution in [0.4, 0.5) is 0 Å². The van der Waals surface area contributed by atoms with Crippen LogP contribution in [0.2, 0.25) is 5.02 Å². The van der Waals surface area contributed by atoms with Gasteiger partial charge in [0.05, 0.1) is 19.9 Å². The minimum atomic E-state index is -2.05. The van der Waals surface area contributed by atoms with Crippen molar-refractivity contribution in [1.29, 1.82) is 0 Å². The standard InChI is InChI=1S/C19H19ClN2O6/c1-3-27-18(23)19(13-22(24)25,15-6-8-16(20)9-7-15)28-21-12-14-4-10-17(26-2)11-5-14/h4-12H,3,13H2,1-2H3/b21-12+/t19-/m1/s1. The Bertz CT molecular complexity index is 839. The normalized spacial score (nSPS) is 13.0. The van der Waals surface area contributed by atoms with Gasteiger partial charge in [0.15, 0.2) is 0 Å². The molecule has 0 spiro atoms. The van der Waals surface area contributed by atoms with E-state index in [0.717, 1.165) is 0 Å². The molecule has 0 radical (unpaired) electrons. The number of ether oxygens (including phenoxy) is 2. The van der Waals surface area contributed by atoms with Gasteiger partial charge >= 0.3 is 11.6 Å². The summed E-state index contributed by atoms with van der Waals surface area (Å²) in [6, 6.07) is 12.8. The molecule has 2 aromatic carbocycles. The maximum Gasteiger partial charge on any atom is 0.365 e. The molecule has 0 aromatic heterocycles. The Morgan fingerprint density at radius 1 is 1.21 bits per heavy atom. The molecule has 2 rings (SSSR count). The lowest BCUT2D eigenvalue weighted by Crippen LogP contribution is -2.45. The Morgan fingerprint density at radius 3 is 2.39 bits per heavy atom. The molecule has 0 unspecified atom stereocenters. The zero-order valence-corrected chi connectivity index (χ0v) is 16.1. The van der Waals surface area contributed by atoms with Crippen molar-refractivity contribution < 1.29 is 24.0 Å². The first-order chi connectivity index (χ1) is 13.4. The monoisotopic (exact) mass is 406 g/mol. The van der Waals surface area contributed by atoms with E-state index in [9.17, 15) is 14.9 Å². The number of hydrogen-bond donors (Lipinski definition) is 0.